The predicted octanol–water partition coefficient (Wildman–Crippen LogP) is 1.76. The van der Waals surface area contributed by atoms with Gasteiger partial charge >= 0.3 is 5.97 Å². The minimum atomic E-state index is -0.934. The van der Waals surface area contributed by atoms with Crippen LogP contribution in [-0.2, 0) is 11.3 Å². The van der Waals surface area contributed by atoms with Gasteiger partial charge in [0.2, 0.25) is 5.88 Å². The molecule has 2 rings (SSSR count). The number of hydrogen-bond acceptors (Lipinski definition) is 6. The third-order valence-electron chi connectivity index (χ3n) is 2.31. The van der Waals surface area contributed by atoms with Gasteiger partial charge in [-0.3, -0.25) is 9.36 Å². The molecule has 106 valence electrons. The lowest BCUT2D eigenvalue weighted by molar-refractivity contribution is -0.133. The van der Waals surface area contributed by atoms with Crippen LogP contribution >= 0.6 is 23.4 Å². The molecule has 0 saturated heterocycles. The molecule has 0 spiro atoms. The average Bonchev–Trinajstić information content (AvgIpc) is 2.74. The number of ether oxygens (including phenoxy) is 1. The number of aromatic nitrogens is 4. The summed E-state index contributed by atoms with van der Waals surface area (Å²) in [4.78, 5) is 23.1. The molecule has 2 aromatic rings. The van der Waals surface area contributed by atoms with E-state index in [0.29, 0.717) is 27.2 Å². The van der Waals surface area contributed by atoms with Gasteiger partial charge in [-0.2, -0.15) is 4.98 Å². The van der Waals surface area contributed by atoms with Gasteiger partial charge in [-0.1, -0.05) is 29.9 Å². The molecule has 0 atom stereocenters. The van der Waals surface area contributed by atoms with Crippen LogP contribution in [0.5, 0.6) is 5.88 Å². The Morgan fingerprint density at radius 3 is 2.95 bits per heavy atom. The number of nitrogens with zero attached hydrogens (tertiary/aromatic N) is 4. The molecule has 0 aliphatic rings. The molecule has 0 saturated carbocycles. The fraction of sp³-hybridized carbons (Fsp3) is 0.273. The maximum absolute atomic E-state index is 10.7. The summed E-state index contributed by atoms with van der Waals surface area (Å²) in [6, 6.07) is 0. The molecule has 0 fully saturated rings. The maximum Gasteiger partial charge on any atom is 0.313 e. The number of carboxylic acids is 1. The minimum absolute atomic E-state index is 0.117. The lowest BCUT2D eigenvalue weighted by Gasteiger charge is -2.05. The van der Waals surface area contributed by atoms with Crippen LogP contribution < -0.4 is 4.74 Å². The number of allylic oxidation sites excluding steroid dienone is 1. The minimum Gasteiger partial charge on any atom is -0.481 e. The molecular formula is C11H11ClN4O3S. The van der Waals surface area contributed by atoms with E-state index in [4.69, 9.17) is 21.4 Å². The van der Waals surface area contributed by atoms with E-state index in [9.17, 15) is 4.79 Å². The van der Waals surface area contributed by atoms with Crippen molar-refractivity contribution in [3.8, 4) is 5.88 Å². The third kappa shape index (κ3) is 3.02. The van der Waals surface area contributed by atoms with Gasteiger partial charge in [-0.25, -0.2) is 9.97 Å². The average molecular weight is 315 g/mol. The van der Waals surface area contributed by atoms with Crippen LogP contribution in [0.2, 0.25) is 0 Å². The Hall–Kier alpha value is -1.80. The Morgan fingerprint density at radius 1 is 1.60 bits per heavy atom. The summed E-state index contributed by atoms with van der Waals surface area (Å²) in [7, 11) is 1.48. The van der Waals surface area contributed by atoms with E-state index in [1.807, 2.05) is 0 Å². The summed E-state index contributed by atoms with van der Waals surface area (Å²) < 4.78 is 6.80. The molecule has 0 unspecified atom stereocenters. The zero-order chi connectivity index (χ0) is 14.7. The zero-order valence-electron chi connectivity index (χ0n) is 10.5. The first-order valence-corrected chi connectivity index (χ1v) is 6.82. The molecule has 2 heterocycles. The number of hydrogen-bond donors (Lipinski definition) is 1. The summed E-state index contributed by atoms with van der Waals surface area (Å²) in [5.41, 5.74) is 0.979. The second-order valence-electron chi connectivity index (χ2n) is 3.74. The summed E-state index contributed by atoms with van der Waals surface area (Å²) in [6.45, 7) is 3.91. The Kier molecular flexibility index (Phi) is 4.46. The number of rotatable bonds is 6. The van der Waals surface area contributed by atoms with Gasteiger partial charge in [0.15, 0.2) is 16.3 Å². The van der Waals surface area contributed by atoms with E-state index in [-0.39, 0.29) is 12.3 Å². The molecule has 0 amide bonds. The largest absolute Gasteiger partial charge is 0.481 e. The number of imidazole rings is 1. The number of methoxy groups -OCH3 is 1. The standard InChI is InChI=1S/C11H11ClN4O3S/c1-6(12)3-16-9-8(10(19-2)14-5-13-9)15-11(16)20-4-7(17)18/h5H,1,3-4H2,2H3,(H,17,18). The molecule has 1 N–H and O–H groups in total. The Labute approximate surface area is 123 Å². The number of halogens is 1. The molecule has 0 bridgehead atoms. The quantitative estimate of drug-likeness (QED) is 0.812. The zero-order valence-corrected chi connectivity index (χ0v) is 12.1. The van der Waals surface area contributed by atoms with Crippen LogP contribution in [0.3, 0.4) is 0 Å². The molecular weight excluding hydrogens is 304 g/mol. The molecule has 0 radical (unpaired) electrons. The van der Waals surface area contributed by atoms with E-state index in [0.717, 1.165) is 11.8 Å². The molecule has 2 aromatic heterocycles. The van der Waals surface area contributed by atoms with Crippen molar-refractivity contribution in [1.82, 2.24) is 19.5 Å². The first-order chi connectivity index (χ1) is 9.52. The van der Waals surface area contributed by atoms with Gasteiger partial charge in [0.25, 0.3) is 0 Å². The molecule has 0 aliphatic heterocycles. The van der Waals surface area contributed by atoms with Crippen LogP contribution in [0.15, 0.2) is 23.1 Å². The highest BCUT2D eigenvalue weighted by atomic mass is 35.5. The van der Waals surface area contributed by atoms with Crippen molar-refractivity contribution in [3.63, 3.8) is 0 Å². The van der Waals surface area contributed by atoms with Gasteiger partial charge in [0.05, 0.1) is 19.4 Å². The normalized spacial score (nSPS) is 10.7. The number of carboxylic acid groups (broad SMARTS) is 1. The van der Waals surface area contributed by atoms with Crippen molar-refractivity contribution in [2.24, 2.45) is 0 Å². The summed E-state index contributed by atoms with van der Waals surface area (Å²) >= 11 is 6.91. The molecule has 0 aromatic carbocycles. The van der Waals surface area contributed by atoms with E-state index in [1.54, 1.807) is 4.57 Å². The number of thioether (sulfide) groups is 1. The molecule has 9 heteroatoms. The van der Waals surface area contributed by atoms with Crippen LogP contribution in [0.4, 0.5) is 0 Å². The fourth-order valence-electron chi connectivity index (χ4n) is 1.60. The van der Waals surface area contributed by atoms with Crippen molar-refractivity contribution < 1.29 is 14.6 Å². The topological polar surface area (TPSA) is 90.1 Å². The Morgan fingerprint density at radius 2 is 2.35 bits per heavy atom. The highest BCUT2D eigenvalue weighted by Crippen LogP contribution is 2.28. The maximum atomic E-state index is 10.7. The lowest BCUT2D eigenvalue weighted by atomic mass is 10.5. The van der Waals surface area contributed by atoms with Gasteiger partial charge in [0.1, 0.15) is 6.33 Å². The van der Waals surface area contributed by atoms with E-state index < -0.39 is 5.97 Å². The van der Waals surface area contributed by atoms with Gasteiger partial charge in [-0.05, 0) is 0 Å². The summed E-state index contributed by atoms with van der Waals surface area (Å²) in [5, 5.41) is 9.63. The molecule has 20 heavy (non-hydrogen) atoms. The van der Waals surface area contributed by atoms with Crippen molar-refractivity contribution >= 4 is 40.5 Å². The molecule has 0 aliphatic carbocycles. The lowest BCUT2D eigenvalue weighted by Crippen LogP contribution is -2.04. The van der Waals surface area contributed by atoms with Crippen molar-refractivity contribution in [2.75, 3.05) is 12.9 Å². The highest BCUT2D eigenvalue weighted by molar-refractivity contribution is 7.99. The van der Waals surface area contributed by atoms with Gasteiger partial charge < -0.3 is 9.84 Å². The second-order valence-corrected chi connectivity index (χ2v) is 5.21. The summed E-state index contributed by atoms with van der Waals surface area (Å²) in [6.07, 6.45) is 1.35. The Bertz CT molecular complexity index is 673. The Balaban J connectivity index is 2.53. The van der Waals surface area contributed by atoms with Gasteiger partial charge in [0, 0.05) is 5.03 Å². The monoisotopic (exact) mass is 314 g/mol. The number of aliphatic carboxylic acids is 1. The predicted molar refractivity (Wildman–Crippen MR) is 75.2 cm³/mol. The second kappa shape index (κ2) is 6.10. The van der Waals surface area contributed by atoms with E-state index >= 15 is 0 Å². The van der Waals surface area contributed by atoms with E-state index in [1.165, 1.54) is 13.4 Å². The van der Waals surface area contributed by atoms with Gasteiger partial charge in [-0.15, -0.1) is 0 Å². The van der Waals surface area contributed by atoms with Crippen LogP contribution in [0, 0.1) is 0 Å². The smallest absolute Gasteiger partial charge is 0.313 e. The van der Waals surface area contributed by atoms with Crippen LogP contribution in [0.1, 0.15) is 0 Å². The van der Waals surface area contributed by atoms with Crippen molar-refractivity contribution in [3.05, 3.63) is 17.9 Å². The van der Waals surface area contributed by atoms with Crippen LogP contribution in [-0.4, -0.2) is 43.5 Å². The third-order valence-corrected chi connectivity index (χ3v) is 3.39. The van der Waals surface area contributed by atoms with Crippen molar-refractivity contribution in [2.45, 2.75) is 11.7 Å². The number of carbonyl (C=O) groups is 1. The molecule has 7 nitrogen and oxygen atoms in total. The SMILES string of the molecule is C=C(Cl)Cn1c(SCC(=O)O)nc2c(OC)ncnc21. The first kappa shape index (κ1) is 14.6. The van der Waals surface area contributed by atoms with Crippen molar-refractivity contribution in [1.29, 1.82) is 0 Å². The first-order valence-electron chi connectivity index (χ1n) is 5.46. The highest BCUT2D eigenvalue weighted by Gasteiger charge is 2.17. The summed E-state index contributed by atoms with van der Waals surface area (Å²) in [5.74, 6) is -0.726. The van der Waals surface area contributed by atoms with E-state index in [2.05, 4.69) is 21.5 Å². The number of fused-ring (bicyclic) bond motifs is 1. The fourth-order valence-corrected chi connectivity index (χ4v) is 2.43. The van der Waals surface area contributed by atoms with Crippen LogP contribution in [0.25, 0.3) is 11.2 Å².